The lowest BCUT2D eigenvalue weighted by atomic mass is 9.96. The van der Waals surface area contributed by atoms with Crippen LogP contribution in [0.2, 0.25) is 0 Å². The van der Waals surface area contributed by atoms with E-state index in [-0.39, 0.29) is 24.2 Å². The van der Waals surface area contributed by atoms with Gasteiger partial charge in [-0.3, -0.25) is 14.4 Å². The number of nitrogens with zero attached hydrogens (tertiary/aromatic N) is 1. The second-order valence-electron chi connectivity index (χ2n) is 6.72. The van der Waals surface area contributed by atoms with Crippen molar-refractivity contribution < 1.29 is 19.5 Å². The number of aliphatic carboxylic acids is 1. The summed E-state index contributed by atoms with van der Waals surface area (Å²) in [5.74, 6) is -1.40. The van der Waals surface area contributed by atoms with Crippen molar-refractivity contribution in [2.45, 2.75) is 19.3 Å². The minimum Gasteiger partial charge on any atom is -0.481 e. The van der Waals surface area contributed by atoms with Gasteiger partial charge in [0.1, 0.15) is 0 Å². The van der Waals surface area contributed by atoms with Crippen molar-refractivity contribution in [1.82, 2.24) is 4.90 Å². The van der Waals surface area contributed by atoms with Crippen LogP contribution in [0.4, 0.5) is 5.69 Å². The Hall–Kier alpha value is -3.15. The summed E-state index contributed by atoms with van der Waals surface area (Å²) in [4.78, 5) is 37.8. The molecule has 0 bridgehead atoms. The molecular weight excluding hydrogens is 344 g/mol. The lowest BCUT2D eigenvalue weighted by Crippen LogP contribution is -2.43. The summed E-state index contributed by atoms with van der Waals surface area (Å²) >= 11 is 0. The summed E-state index contributed by atoms with van der Waals surface area (Å²) in [7, 11) is 0. The van der Waals surface area contributed by atoms with Gasteiger partial charge in [-0.2, -0.15) is 0 Å². The first-order valence-corrected chi connectivity index (χ1v) is 8.99. The summed E-state index contributed by atoms with van der Waals surface area (Å²) in [5, 5.41) is 11.7. The fraction of sp³-hybridized carbons (Fsp3) is 0.286. The normalized spacial score (nSPS) is 16.6. The zero-order valence-electron chi connectivity index (χ0n) is 14.9. The van der Waals surface area contributed by atoms with Crippen molar-refractivity contribution in [2.24, 2.45) is 5.92 Å². The number of hydrogen-bond donors (Lipinski definition) is 2. The van der Waals surface area contributed by atoms with Crippen LogP contribution in [0, 0.1) is 5.92 Å². The molecule has 1 aliphatic rings. The molecule has 1 fully saturated rings. The van der Waals surface area contributed by atoms with Crippen LogP contribution in [0.5, 0.6) is 0 Å². The average molecular weight is 366 g/mol. The van der Waals surface area contributed by atoms with Crippen LogP contribution < -0.4 is 5.32 Å². The predicted octanol–water partition coefficient (Wildman–Crippen LogP) is 2.80. The SMILES string of the molecule is O=C(O)Cc1cccc(NC(=O)C2CCCN(C(=O)c3ccccc3)C2)c1. The molecule has 1 unspecified atom stereocenters. The topological polar surface area (TPSA) is 86.7 Å². The molecule has 1 heterocycles. The maximum absolute atomic E-state index is 12.6. The number of rotatable bonds is 5. The number of piperidine rings is 1. The molecule has 2 aromatic rings. The van der Waals surface area contributed by atoms with E-state index in [1.54, 1.807) is 41.3 Å². The quantitative estimate of drug-likeness (QED) is 0.852. The molecule has 2 amide bonds. The van der Waals surface area contributed by atoms with Gasteiger partial charge in [0.2, 0.25) is 5.91 Å². The molecule has 0 spiro atoms. The third-order valence-electron chi connectivity index (χ3n) is 4.65. The van der Waals surface area contributed by atoms with Gasteiger partial charge in [-0.05, 0) is 42.7 Å². The third-order valence-corrected chi connectivity index (χ3v) is 4.65. The lowest BCUT2D eigenvalue weighted by molar-refractivity contribution is -0.136. The van der Waals surface area contributed by atoms with E-state index in [0.29, 0.717) is 29.9 Å². The highest BCUT2D eigenvalue weighted by molar-refractivity contribution is 5.96. The molecule has 2 aromatic carbocycles. The van der Waals surface area contributed by atoms with Crippen LogP contribution in [0.25, 0.3) is 0 Å². The fourth-order valence-corrected chi connectivity index (χ4v) is 3.32. The van der Waals surface area contributed by atoms with Crippen LogP contribution in [0.3, 0.4) is 0 Å². The largest absolute Gasteiger partial charge is 0.481 e. The van der Waals surface area contributed by atoms with E-state index in [0.717, 1.165) is 12.8 Å². The van der Waals surface area contributed by atoms with Crippen molar-refractivity contribution in [1.29, 1.82) is 0 Å². The minimum absolute atomic E-state index is 0.0587. The van der Waals surface area contributed by atoms with E-state index in [9.17, 15) is 14.4 Å². The number of carbonyl (C=O) groups excluding carboxylic acids is 2. The van der Waals surface area contributed by atoms with Crippen molar-refractivity contribution in [2.75, 3.05) is 18.4 Å². The van der Waals surface area contributed by atoms with E-state index in [2.05, 4.69) is 5.32 Å². The summed E-state index contributed by atoms with van der Waals surface area (Å²) in [6.45, 7) is 1.03. The minimum atomic E-state index is -0.916. The predicted molar refractivity (Wildman–Crippen MR) is 101 cm³/mol. The maximum atomic E-state index is 12.6. The number of likely N-dealkylation sites (tertiary alicyclic amines) is 1. The Morgan fingerprint density at radius 3 is 2.59 bits per heavy atom. The van der Waals surface area contributed by atoms with Gasteiger partial charge in [-0.25, -0.2) is 0 Å². The Morgan fingerprint density at radius 2 is 1.85 bits per heavy atom. The molecule has 2 N–H and O–H groups in total. The van der Waals surface area contributed by atoms with Crippen LogP contribution in [0.1, 0.15) is 28.8 Å². The van der Waals surface area contributed by atoms with Crippen molar-refractivity contribution >= 4 is 23.5 Å². The van der Waals surface area contributed by atoms with E-state index in [4.69, 9.17) is 5.11 Å². The summed E-state index contributed by atoms with van der Waals surface area (Å²) in [5.41, 5.74) is 1.83. The Balaban J connectivity index is 1.63. The highest BCUT2D eigenvalue weighted by Gasteiger charge is 2.29. The highest BCUT2D eigenvalue weighted by atomic mass is 16.4. The third kappa shape index (κ3) is 4.94. The fourth-order valence-electron chi connectivity index (χ4n) is 3.32. The Morgan fingerprint density at radius 1 is 1.07 bits per heavy atom. The van der Waals surface area contributed by atoms with Crippen molar-refractivity contribution in [3.63, 3.8) is 0 Å². The van der Waals surface area contributed by atoms with E-state index >= 15 is 0 Å². The summed E-state index contributed by atoms with van der Waals surface area (Å²) in [6, 6.07) is 15.9. The number of amides is 2. The van der Waals surface area contributed by atoms with Gasteiger partial charge in [0.05, 0.1) is 12.3 Å². The van der Waals surface area contributed by atoms with Gasteiger partial charge in [0.15, 0.2) is 0 Å². The molecule has 6 heteroatoms. The number of anilines is 1. The van der Waals surface area contributed by atoms with Crippen LogP contribution in [-0.2, 0) is 16.0 Å². The molecule has 0 radical (unpaired) electrons. The van der Waals surface area contributed by atoms with Crippen molar-refractivity contribution in [3.8, 4) is 0 Å². The number of carboxylic acid groups (broad SMARTS) is 1. The average Bonchev–Trinajstić information content (AvgIpc) is 2.68. The molecular formula is C21H22N2O4. The number of benzene rings is 2. The van der Waals surface area contributed by atoms with Gasteiger partial charge >= 0.3 is 5.97 Å². The molecule has 6 nitrogen and oxygen atoms in total. The van der Waals surface area contributed by atoms with Gasteiger partial charge in [0, 0.05) is 24.3 Å². The summed E-state index contributed by atoms with van der Waals surface area (Å²) in [6.07, 6.45) is 1.40. The molecule has 27 heavy (non-hydrogen) atoms. The van der Waals surface area contributed by atoms with Gasteiger partial charge in [-0.15, -0.1) is 0 Å². The molecule has 3 rings (SSSR count). The second-order valence-corrected chi connectivity index (χ2v) is 6.72. The first-order chi connectivity index (χ1) is 13.0. The van der Waals surface area contributed by atoms with E-state index in [1.165, 1.54) is 0 Å². The first-order valence-electron chi connectivity index (χ1n) is 8.99. The van der Waals surface area contributed by atoms with Gasteiger partial charge < -0.3 is 15.3 Å². The molecule has 1 atom stereocenters. The molecule has 0 saturated carbocycles. The monoisotopic (exact) mass is 366 g/mol. The molecule has 1 saturated heterocycles. The van der Waals surface area contributed by atoms with E-state index in [1.807, 2.05) is 18.2 Å². The number of carbonyl (C=O) groups is 3. The maximum Gasteiger partial charge on any atom is 0.307 e. The second kappa shape index (κ2) is 8.49. The van der Waals surface area contributed by atoms with Crippen LogP contribution >= 0.6 is 0 Å². The zero-order chi connectivity index (χ0) is 19.2. The van der Waals surface area contributed by atoms with E-state index < -0.39 is 5.97 Å². The first kappa shape index (κ1) is 18.6. The lowest BCUT2D eigenvalue weighted by Gasteiger charge is -2.32. The molecule has 0 aromatic heterocycles. The Kier molecular flexibility index (Phi) is 5.86. The van der Waals surface area contributed by atoms with Gasteiger partial charge in [-0.1, -0.05) is 30.3 Å². The smallest absolute Gasteiger partial charge is 0.307 e. The summed E-state index contributed by atoms with van der Waals surface area (Å²) < 4.78 is 0. The van der Waals surface area contributed by atoms with Crippen LogP contribution in [-0.4, -0.2) is 40.9 Å². The number of carboxylic acids is 1. The highest BCUT2D eigenvalue weighted by Crippen LogP contribution is 2.21. The van der Waals surface area contributed by atoms with Gasteiger partial charge in [0.25, 0.3) is 5.91 Å². The Labute approximate surface area is 157 Å². The molecule has 140 valence electrons. The number of hydrogen-bond acceptors (Lipinski definition) is 3. The number of nitrogens with one attached hydrogen (secondary N) is 1. The zero-order valence-corrected chi connectivity index (χ0v) is 14.9. The van der Waals surface area contributed by atoms with Crippen LogP contribution in [0.15, 0.2) is 54.6 Å². The molecule has 0 aliphatic carbocycles. The standard InChI is InChI=1S/C21H22N2O4/c24-19(25)13-15-6-4-10-18(12-15)22-20(26)17-9-5-11-23(14-17)21(27)16-7-2-1-3-8-16/h1-4,6-8,10,12,17H,5,9,11,13-14H2,(H,22,26)(H,24,25). The molecule has 1 aliphatic heterocycles. The van der Waals surface area contributed by atoms with Crippen molar-refractivity contribution in [3.05, 3.63) is 65.7 Å². The Bertz CT molecular complexity index is 835.